The lowest BCUT2D eigenvalue weighted by atomic mass is 10.1. The first-order chi connectivity index (χ1) is 12.6. The maximum atomic E-state index is 13.5. The van der Waals surface area contributed by atoms with Crippen molar-refractivity contribution in [2.75, 3.05) is 19.8 Å². The summed E-state index contributed by atoms with van der Waals surface area (Å²) < 4.78 is 24.0. The molecule has 6 heteroatoms. The minimum atomic E-state index is -0.594. The zero-order valence-electron chi connectivity index (χ0n) is 14.0. The van der Waals surface area contributed by atoms with Crippen LogP contribution in [0.25, 0.3) is 6.08 Å². The van der Waals surface area contributed by atoms with E-state index in [1.165, 1.54) is 6.07 Å². The van der Waals surface area contributed by atoms with Crippen LogP contribution in [0, 0.1) is 5.82 Å². The predicted molar refractivity (Wildman–Crippen MR) is 94.0 cm³/mol. The molecule has 5 nitrogen and oxygen atoms in total. The molecule has 2 aromatic carbocycles. The van der Waals surface area contributed by atoms with Crippen LogP contribution in [0.3, 0.4) is 0 Å². The van der Waals surface area contributed by atoms with E-state index in [4.69, 9.17) is 9.47 Å². The molecule has 3 rings (SSSR count). The van der Waals surface area contributed by atoms with Crippen molar-refractivity contribution in [2.24, 2.45) is 0 Å². The number of rotatable bonds is 6. The Morgan fingerprint density at radius 3 is 2.73 bits per heavy atom. The number of carbonyl (C=O) groups is 2. The first kappa shape index (κ1) is 17.7. The number of nitrogens with one attached hydrogen (secondary N) is 1. The van der Waals surface area contributed by atoms with Gasteiger partial charge in [0, 0.05) is 12.1 Å². The summed E-state index contributed by atoms with van der Waals surface area (Å²) in [5.74, 6) is -0.635. The van der Waals surface area contributed by atoms with E-state index in [1.54, 1.807) is 24.3 Å². The normalized spacial score (nSPS) is 12.4. The Morgan fingerprint density at radius 2 is 1.88 bits per heavy atom. The van der Waals surface area contributed by atoms with Gasteiger partial charge in [-0.05, 0) is 30.2 Å². The van der Waals surface area contributed by atoms with Gasteiger partial charge in [-0.25, -0.2) is 9.18 Å². The molecule has 1 aliphatic heterocycles. The molecule has 2 aromatic rings. The Labute approximate surface area is 150 Å². The number of esters is 1. The van der Waals surface area contributed by atoms with Crippen molar-refractivity contribution < 1.29 is 23.5 Å². The minimum Gasteiger partial charge on any atom is -0.488 e. The van der Waals surface area contributed by atoms with Crippen LogP contribution in [0.4, 0.5) is 4.39 Å². The number of amides is 1. The molecule has 1 aliphatic rings. The summed E-state index contributed by atoms with van der Waals surface area (Å²) in [6, 6.07) is 13.7. The lowest BCUT2D eigenvalue weighted by Crippen LogP contribution is -2.31. The van der Waals surface area contributed by atoms with Crippen LogP contribution in [-0.2, 0) is 20.7 Å². The molecular formula is C20H18FNO4. The van der Waals surface area contributed by atoms with Crippen LogP contribution in [-0.4, -0.2) is 31.6 Å². The molecule has 0 unspecified atom stereocenters. The SMILES string of the molecule is O=C(COC(=O)C1=Cc2ccccc2OC1)NCCc1ccccc1F. The van der Waals surface area contributed by atoms with Crippen molar-refractivity contribution in [3.63, 3.8) is 0 Å². The molecule has 0 fully saturated rings. The second-order valence-electron chi connectivity index (χ2n) is 5.76. The minimum absolute atomic E-state index is 0.102. The molecule has 26 heavy (non-hydrogen) atoms. The quantitative estimate of drug-likeness (QED) is 0.809. The number of hydrogen-bond acceptors (Lipinski definition) is 4. The Kier molecular flexibility index (Phi) is 5.63. The van der Waals surface area contributed by atoms with Gasteiger partial charge in [0.1, 0.15) is 18.2 Å². The van der Waals surface area contributed by atoms with Crippen LogP contribution in [0.2, 0.25) is 0 Å². The largest absolute Gasteiger partial charge is 0.488 e. The fourth-order valence-electron chi connectivity index (χ4n) is 2.55. The fraction of sp³-hybridized carbons (Fsp3) is 0.200. The van der Waals surface area contributed by atoms with Crippen molar-refractivity contribution in [3.8, 4) is 5.75 Å². The summed E-state index contributed by atoms with van der Waals surface area (Å²) in [6.07, 6.45) is 2.05. The maximum Gasteiger partial charge on any atom is 0.338 e. The van der Waals surface area contributed by atoms with Gasteiger partial charge in [-0.3, -0.25) is 4.79 Å². The van der Waals surface area contributed by atoms with Crippen molar-refractivity contribution in [2.45, 2.75) is 6.42 Å². The molecule has 134 valence electrons. The average Bonchev–Trinajstić information content (AvgIpc) is 2.67. The third kappa shape index (κ3) is 4.47. The molecular weight excluding hydrogens is 337 g/mol. The van der Waals surface area contributed by atoms with Crippen molar-refractivity contribution in [1.82, 2.24) is 5.32 Å². The molecule has 1 N–H and O–H groups in total. The van der Waals surface area contributed by atoms with Crippen LogP contribution < -0.4 is 10.1 Å². The van der Waals surface area contributed by atoms with E-state index in [0.717, 1.165) is 5.56 Å². The van der Waals surface area contributed by atoms with Crippen molar-refractivity contribution >= 4 is 18.0 Å². The van der Waals surface area contributed by atoms with Gasteiger partial charge >= 0.3 is 5.97 Å². The fourth-order valence-corrected chi connectivity index (χ4v) is 2.55. The van der Waals surface area contributed by atoms with Crippen LogP contribution in [0.1, 0.15) is 11.1 Å². The van der Waals surface area contributed by atoms with Gasteiger partial charge in [0.25, 0.3) is 5.91 Å². The molecule has 0 atom stereocenters. The first-order valence-electron chi connectivity index (χ1n) is 8.23. The van der Waals surface area contributed by atoms with E-state index in [0.29, 0.717) is 23.3 Å². The number of ether oxygens (including phenoxy) is 2. The zero-order valence-corrected chi connectivity index (χ0v) is 14.0. The molecule has 1 amide bonds. The van der Waals surface area contributed by atoms with E-state index in [2.05, 4.69) is 5.32 Å². The number of halogens is 1. The first-order valence-corrected chi connectivity index (χ1v) is 8.23. The lowest BCUT2D eigenvalue weighted by Gasteiger charge is -2.16. The molecule has 0 bridgehead atoms. The Morgan fingerprint density at radius 1 is 1.12 bits per heavy atom. The summed E-state index contributed by atoms with van der Waals surface area (Å²) in [6.45, 7) is -0.0314. The van der Waals surface area contributed by atoms with E-state index >= 15 is 0 Å². The summed E-state index contributed by atoms with van der Waals surface area (Å²) in [5, 5.41) is 2.60. The van der Waals surface area contributed by atoms with E-state index in [-0.39, 0.29) is 19.0 Å². The molecule has 0 aromatic heterocycles. The number of benzene rings is 2. The molecule has 0 saturated carbocycles. The summed E-state index contributed by atoms with van der Waals surface area (Å²) >= 11 is 0. The topological polar surface area (TPSA) is 64.6 Å². The zero-order chi connectivity index (χ0) is 18.4. The van der Waals surface area contributed by atoms with E-state index < -0.39 is 18.5 Å². The van der Waals surface area contributed by atoms with Gasteiger partial charge < -0.3 is 14.8 Å². The highest BCUT2D eigenvalue weighted by molar-refractivity contribution is 5.96. The predicted octanol–water partition coefficient (Wildman–Crippen LogP) is 2.50. The van der Waals surface area contributed by atoms with E-state index in [1.807, 2.05) is 24.3 Å². The number of para-hydroxylation sites is 1. The second kappa shape index (κ2) is 8.29. The number of hydrogen-bond donors (Lipinski definition) is 1. The van der Waals surface area contributed by atoms with Crippen molar-refractivity contribution in [1.29, 1.82) is 0 Å². The second-order valence-corrected chi connectivity index (χ2v) is 5.76. The molecule has 0 spiro atoms. The van der Waals surface area contributed by atoms with Gasteiger partial charge in [0.05, 0.1) is 5.57 Å². The summed E-state index contributed by atoms with van der Waals surface area (Å²) in [7, 11) is 0. The van der Waals surface area contributed by atoms with Crippen LogP contribution >= 0.6 is 0 Å². The average molecular weight is 355 g/mol. The van der Waals surface area contributed by atoms with Gasteiger partial charge in [0.2, 0.25) is 0 Å². The highest BCUT2D eigenvalue weighted by Crippen LogP contribution is 2.25. The maximum absolute atomic E-state index is 13.5. The van der Waals surface area contributed by atoms with Gasteiger partial charge in [0.15, 0.2) is 6.61 Å². The lowest BCUT2D eigenvalue weighted by molar-refractivity contribution is -0.145. The molecule has 0 radical (unpaired) electrons. The highest BCUT2D eigenvalue weighted by Gasteiger charge is 2.19. The Balaban J connectivity index is 1.44. The Hall–Kier alpha value is -3.15. The number of carbonyl (C=O) groups excluding carboxylic acids is 2. The van der Waals surface area contributed by atoms with Gasteiger partial charge in [-0.15, -0.1) is 0 Å². The van der Waals surface area contributed by atoms with Gasteiger partial charge in [-0.2, -0.15) is 0 Å². The smallest absolute Gasteiger partial charge is 0.338 e. The molecule has 0 aliphatic carbocycles. The van der Waals surface area contributed by atoms with Crippen molar-refractivity contribution in [3.05, 3.63) is 71.0 Å². The van der Waals surface area contributed by atoms with Gasteiger partial charge in [-0.1, -0.05) is 36.4 Å². The third-order valence-electron chi connectivity index (χ3n) is 3.90. The molecule has 1 heterocycles. The molecule has 0 saturated heterocycles. The highest BCUT2D eigenvalue weighted by atomic mass is 19.1. The monoisotopic (exact) mass is 355 g/mol. The summed E-state index contributed by atoms with van der Waals surface area (Å²) in [5.41, 5.74) is 1.66. The summed E-state index contributed by atoms with van der Waals surface area (Å²) in [4.78, 5) is 23.8. The third-order valence-corrected chi connectivity index (χ3v) is 3.90. The van der Waals surface area contributed by atoms with E-state index in [9.17, 15) is 14.0 Å². The van der Waals surface area contributed by atoms with Crippen LogP contribution in [0.5, 0.6) is 5.75 Å². The van der Waals surface area contributed by atoms with Crippen LogP contribution in [0.15, 0.2) is 54.1 Å². The number of fused-ring (bicyclic) bond motifs is 1. The Bertz CT molecular complexity index is 847. The standard InChI is InChI=1S/C20H18FNO4/c21-17-7-3-1-5-14(17)9-10-22-19(23)13-26-20(24)16-11-15-6-2-4-8-18(15)25-12-16/h1-8,11H,9-10,12-13H2,(H,22,23).